The third-order valence-electron chi connectivity index (χ3n) is 2.30. The zero-order valence-corrected chi connectivity index (χ0v) is 10.5. The first-order chi connectivity index (χ1) is 8.49. The fourth-order valence-corrected chi connectivity index (χ4v) is 1.59. The molecule has 0 aliphatic rings. The quantitative estimate of drug-likeness (QED) is 0.809. The van der Waals surface area contributed by atoms with Crippen molar-refractivity contribution in [3.63, 3.8) is 0 Å². The van der Waals surface area contributed by atoms with E-state index in [9.17, 15) is 9.18 Å². The molecule has 0 aliphatic heterocycles. The third-order valence-corrected chi connectivity index (χ3v) is 2.30. The van der Waals surface area contributed by atoms with Crippen LogP contribution in [0.3, 0.4) is 0 Å². The summed E-state index contributed by atoms with van der Waals surface area (Å²) in [5.41, 5.74) is 0. The van der Waals surface area contributed by atoms with E-state index >= 15 is 0 Å². The number of benzene rings is 1. The highest BCUT2D eigenvalue weighted by atomic mass is 19.1. The van der Waals surface area contributed by atoms with Gasteiger partial charge in [-0.25, -0.2) is 4.39 Å². The summed E-state index contributed by atoms with van der Waals surface area (Å²) < 4.78 is 18.2. The van der Waals surface area contributed by atoms with Gasteiger partial charge in [0, 0.05) is 6.04 Å². The number of rotatable bonds is 6. The summed E-state index contributed by atoms with van der Waals surface area (Å²) in [5.74, 6) is -0.787. The number of ether oxygens (including phenoxy) is 1. The Hall–Kier alpha value is -1.62. The average Bonchev–Trinajstić information content (AvgIpc) is 2.26. The number of halogens is 1. The lowest BCUT2D eigenvalue weighted by Gasteiger charge is -2.15. The predicted molar refractivity (Wildman–Crippen MR) is 65.8 cm³/mol. The van der Waals surface area contributed by atoms with Crippen LogP contribution in [0.5, 0.6) is 5.75 Å². The van der Waals surface area contributed by atoms with Crippen LogP contribution in [0.25, 0.3) is 0 Å². The molecule has 2 unspecified atom stereocenters. The van der Waals surface area contributed by atoms with Crippen molar-refractivity contribution in [2.45, 2.75) is 32.4 Å². The van der Waals surface area contributed by atoms with Gasteiger partial charge in [0.25, 0.3) is 5.91 Å². The van der Waals surface area contributed by atoms with Gasteiger partial charge in [-0.3, -0.25) is 4.79 Å². The van der Waals surface area contributed by atoms with Gasteiger partial charge in [-0.2, -0.15) is 0 Å². The molecule has 100 valence electrons. The molecule has 0 fully saturated rings. The van der Waals surface area contributed by atoms with Crippen molar-refractivity contribution in [3.8, 4) is 5.75 Å². The number of carbonyl (C=O) groups excluding carboxylic acids is 1. The molecule has 0 saturated carbocycles. The van der Waals surface area contributed by atoms with E-state index in [1.165, 1.54) is 12.1 Å². The smallest absolute Gasteiger partial charge is 0.258 e. The Labute approximate surface area is 106 Å². The molecule has 0 aromatic heterocycles. The highest BCUT2D eigenvalue weighted by molar-refractivity contribution is 5.77. The van der Waals surface area contributed by atoms with Gasteiger partial charge in [0.05, 0.1) is 6.10 Å². The summed E-state index contributed by atoms with van der Waals surface area (Å²) in [5, 5.41) is 11.8. The second-order valence-corrected chi connectivity index (χ2v) is 4.27. The second-order valence-electron chi connectivity index (χ2n) is 4.27. The second kappa shape index (κ2) is 6.96. The fourth-order valence-electron chi connectivity index (χ4n) is 1.59. The molecular formula is C13H18FNO3. The summed E-state index contributed by atoms with van der Waals surface area (Å²) in [4.78, 5) is 11.5. The van der Waals surface area contributed by atoms with E-state index in [0.717, 1.165) is 0 Å². The molecule has 2 N–H and O–H groups in total. The normalized spacial score (nSPS) is 13.8. The number of amides is 1. The lowest BCUT2D eigenvalue weighted by molar-refractivity contribution is -0.123. The average molecular weight is 255 g/mol. The van der Waals surface area contributed by atoms with Gasteiger partial charge < -0.3 is 15.2 Å². The SMILES string of the molecule is CC(O)CC(C)NC(=O)COc1ccccc1F. The Morgan fingerprint density at radius 1 is 1.44 bits per heavy atom. The molecule has 4 nitrogen and oxygen atoms in total. The number of hydrogen-bond acceptors (Lipinski definition) is 3. The van der Waals surface area contributed by atoms with Crippen LogP contribution in [0.2, 0.25) is 0 Å². The van der Waals surface area contributed by atoms with E-state index in [1.807, 2.05) is 0 Å². The molecular weight excluding hydrogens is 237 g/mol. The van der Waals surface area contributed by atoms with Crippen molar-refractivity contribution in [2.24, 2.45) is 0 Å². The van der Waals surface area contributed by atoms with Gasteiger partial charge in [0.1, 0.15) is 0 Å². The van der Waals surface area contributed by atoms with Gasteiger partial charge in [0.2, 0.25) is 0 Å². The van der Waals surface area contributed by atoms with Crippen molar-refractivity contribution in [1.82, 2.24) is 5.32 Å². The Kier molecular flexibility index (Phi) is 5.58. The van der Waals surface area contributed by atoms with Gasteiger partial charge in [0.15, 0.2) is 18.2 Å². The third kappa shape index (κ3) is 5.14. The van der Waals surface area contributed by atoms with Crippen LogP contribution >= 0.6 is 0 Å². The van der Waals surface area contributed by atoms with E-state index in [0.29, 0.717) is 6.42 Å². The lowest BCUT2D eigenvalue weighted by atomic mass is 10.1. The van der Waals surface area contributed by atoms with E-state index < -0.39 is 11.9 Å². The van der Waals surface area contributed by atoms with Gasteiger partial charge in [-0.15, -0.1) is 0 Å². The van der Waals surface area contributed by atoms with Crippen LogP contribution in [-0.2, 0) is 4.79 Å². The maximum Gasteiger partial charge on any atom is 0.258 e. The summed E-state index contributed by atoms with van der Waals surface area (Å²) in [6.45, 7) is 3.19. The van der Waals surface area contributed by atoms with Gasteiger partial charge in [-0.1, -0.05) is 12.1 Å². The fraction of sp³-hybridized carbons (Fsp3) is 0.462. The summed E-state index contributed by atoms with van der Waals surface area (Å²) in [6, 6.07) is 5.76. The minimum atomic E-state index is -0.498. The van der Waals surface area contributed by atoms with Crippen LogP contribution in [0, 0.1) is 5.82 Å². The monoisotopic (exact) mass is 255 g/mol. The minimum absolute atomic E-state index is 0.0517. The molecule has 0 bridgehead atoms. The topological polar surface area (TPSA) is 58.6 Å². The molecule has 5 heteroatoms. The number of hydrogen-bond donors (Lipinski definition) is 2. The molecule has 0 aliphatic carbocycles. The van der Waals surface area contributed by atoms with Crippen LogP contribution in [-0.4, -0.2) is 29.8 Å². The van der Waals surface area contributed by atoms with Gasteiger partial charge >= 0.3 is 0 Å². The summed E-state index contributed by atoms with van der Waals surface area (Å²) in [6.07, 6.45) is -0.0152. The molecule has 0 heterocycles. The highest BCUT2D eigenvalue weighted by Gasteiger charge is 2.11. The summed E-state index contributed by atoms with van der Waals surface area (Å²) in [7, 11) is 0. The zero-order chi connectivity index (χ0) is 13.5. The van der Waals surface area contributed by atoms with E-state index in [2.05, 4.69) is 5.32 Å². The molecule has 2 atom stereocenters. The lowest BCUT2D eigenvalue weighted by Crippen LogP contribution is -2.37. The predicted octanol–water partition coefficient (Wildman–Crippen LogP) is 1.48. The Bertz CT molecular complexity index is 396. The number of aliphatic hydroxyl groups excluding tert-OH is 1. The number of carbonyl (C=O) groups is 1. The first kappa shape index (κ1) is 14.4. The summed E-state index contributed by atoms with van der Waals surface area (Å²) >= 11 is 0. The molecule has 18 heavy (non-hydrogen) atoms. The minimum Gasteiger partial charge on any atom is -0.481 e. The molecule has 1 aromatic rings. The zero-order valence-electron chi connectivity index (χ0n) is 10.5. The van der Waals surface area contributed by atoms with Crippen molar-refractivity contribution >= 4 is 5.91 Å². The number of para-hydroxylation sites is 1. The van der Waals surface area contributed by atoms with Crippen LogP contribution < -0.4 is 10.1 Å². The first-order valence-corrected chi connectivity index (χ1v) is 5.83. The van der Waals surface area contributed by atoms with E-state index in [4.69, 9.17) is 9.84 Å². The molecule has 0 radical (unpaired) electrons. The molecule has 1 rings (SSSR count). The van der Waals surface area contributed by atoms with Crippen molar-refractivity contribution < 1.29 is 19.0 Å². The van der Waals surface area contributed by atoms with Crippen molar-refractivity contribution in [1.29, 1.82) is 0 Å². The van der Waals surface area contributed by atoms with E-state index in [-0.39, 0.29) is 24.3 Å². The van der Waals surface area contributed by atoms with E-state index in [1.54, 1.807) is 26.0 Å². The molecule has 1 amide bonds. The van der Waals surface area contributed by atoms with Gasteiger partial charge in [-0.05, 0) is 32.4 Å². The number of aliphatic hydroxyl groups is 1. The van der Waals surface area contributed by atoms with Crippen molar-refractivity contribution in [3.05, 3.63) is 30.1 Å². The molecule has 1 aromatic carbocycles. The Morgan fingerprint density at radius 2 is 2.11 bits per heavy atom. The van der Waals surface area contributed by atoms with Crippen molar-refractivity contribution in [2.75, 3.05) is 6.61 Å². The molecule has 0 saturated heterocycles. The molecule has 0 spiro atoms. The van der Waals surface area contributed by atoms with Crippen LogP contribution in [0.4, 0.5) is 4.39 Å². The highest BCUT2D eigenvalue weighted by Crippen LogP contribution is 2.14. The Morgan fingerprint density at radius 3 is 2.72 bits per heavy atom. The van der Waals surface area contributed by atoms with Crippen LogP contribution in [0.1, 0.15) is 20.3 Å². The largest absolute Gasteiger partial charge is 0.481 e. The Balaban J connectivity index is 2.35. The number of nitrogens with one attached hydrogen (secondary N) is 1. The standard InChI is InChI=1S/C13H18FNO3/c1-9(7-10(2)16)15-13(17)8-18-12-6-4-3-5-11(12)14/h3-6,9-10,16H,7-8H2,1-2H3,(H,15,17). The maximum atomic E-state index is 13.2. The maximum absolute atomic E-state index is 13.2. The van der Waals surface area contributed by atoms with Crippen LogP contribution in [0.15, 0.2) is 24.3 Å². The first-order valence-electron chi connectivity index (χ1n) is 5.83.